The molecule has 67 heavy (non-hydrogen) atoms. The summed E-state index contributed by atoms with van der Waals surface area (Å²) < 4.78 is 28.3. The molecule has 0 saturated carbocycles. The molecule has 12 nitrogen and oxygen atoms in total. The van der Waals surface area contributed by atoms with Crippen LogP contribution in [0.3, 0.4) is 0 Å². The summed E-state index contributed by atoms with van der Waals surface area (Å²) in [5.74, 6) is -3.16. The van der Waals surface area contributed by atoms with Crippen LogP contribution in [0.4, 0.5) is 0 Å². The maximum absolute atomic E-state index is 13.1. The Balaban J connectivity index is 2.75. The van der Waals surface area contributed by atoms with Gasteiger partial charge in [-0.2, -0.15) is 0 Å². The van der Waals surface area contributed by atoms with E-state index in [9.17, 15) is 34.5 Å². The number of unbranched alkanes of at least 4 members (excludes halogenated alkanes) is 22. The smallest absolute Gasteiger partial charge is 0.335 e. The number of rotatable bonds is 44. The second-order valence-electron chi connectivity index (χ2n) is 18.1. The lowest BCUT2D eigenvalue weighted by atomic mass is 9.98. The van der Waals surface area contributed by atoms with E-state index >= 15 is 0 Å². The van der Waals surface area contributed by atoms with Gasteiger partial charge in [-0.15, -0.1) is 0 Å². The number of carbonyl (C=O) groups is 4. The average Bonchev–Trinajstić information content (AvgIpc) is 3.31. The van der Waals surface area contributed by atoms with Crippen LogP contribution in [-0.2, 0) is 42.9 Å². The monoisotopic (exact) mass is 947 g/mol. The SMILES string of the molecule is CC/C=C\C/C=C\C/C=C\CCCCCC(=O)OCC(COC1OC(C(=O)O)C(O)C(O)C1OC(=O)CCCCCCC/C=C\CCCC)OC(=O)CCCCCCCCCCCCCCC. The fourth-order valence-corrected chi connectivity index (χ4v) is 7.77. The van der Waals surface area contributed by atoms with Gasteiger partial charge in [0, 0.05) is 19.3 Å². The summed E-state index contributed by atoms with van der Waals surface area (Å²) >= 11 is 0. The minimum atomic E-state index is -1.91. The average molecular weight is 947 g/mol. The van der Waals surface area contributed by atoms with Gasteiger partial charge < -0.3 is 39.0 Å². The lowest BCUT2D eigenvalue weighted by Gasteiger charge is -2.40. The lowest BCUT2D eigenvalue weighted by Crippen LogP contribution is -2.61. The first-order valence-corrected chi connectivity index (χ1v) is 26.6. The zero-order valence-corrected chi connectivity index (χ0v) is 42.1. The number of ether oxygens (including phenoxy) is 5. The van der Waals surface area contributed by atoms with Gasteiger partial charge in [-0.1, -0.05) is 185 Å². The number of aliphatic carboxylic acids is 1. The van der Waals surface area contributed by atoms with Gasteiger partial charge in [0.25, 0.3) is 0 Å². The lowest BCUT2D eigenvalue weighted by molar-refractivity contribution is -0.301. The van der Waals surface area contributed by atoms with Crippen LogP contribution >= 0.6 is 0 Å². The molecule has 0 bridgehead atoms. The van der Waals surface area contributed by atoms with Crippen molar-refractivity contribution in [1.82, 2.24) is 0 Å². The fourth-order valence-electron chi connectivity index (χ4n) is 7.77. The van der Waals surface area contributed by atoms with Crippen molar-refractivity contribution in [3.63, 3.8) is 0 Å². The van der Waals surface area contributed by atoms with E-state index in [-0.39, 0.29) is 25.9 Å². The van der Waals surface area contributed by atoms with Gasteiger partial charge in [-0.25, -0.2) is 4.79 Å². The first kappa shape index (κ1) is 61.7. The summed E-state index contributed by atoms with van der Waals surface area (Å²) in [5, 5.41) is 31.3. The van der Waals surface area contributed by atoms with E-state index in [4.69, 9.17) is 23.7 Å². The van der Waals surface area contributed by atoms with E-state index in [1.165, 1.54) is 70.6 Å². The first-order valence-electron chi connectivity index (χ1n) is 26.6. The highest BCUT2D eigenvalue weighted by atomic mass is 16.7. The molecule has 1 saturated heterocycles. The van der Waals surface area contributed by atoms with Gasteiger partial charge >= 0.3 is 23.9 Å². The van der Waals surface area contributed by atoms with E-state index in [1.54, 1.807) is 0 Å². The molecule has 12 heteroatoms. The molecule has 1 aliphatic rings. The Labute approximate surface area is 405 Å². The molecule has 0 aliphatic carbocycles. The molecule has 0 aromatic carbocycles. The Morgan fingerprint density at radius 2 is 0.955 bits per heavy atom. The molecular formula is C55H94O12. The summed E-state index contributed by atoms with van der Waals surface area (Å²) in [6, 6.07) is 0. The maximum atomic E-state index is 13.1. The molecule has 1 aliphatic heterocycles. The van der Waals surface area contributed by atoms with Gasteiger partial charge in [0.1, 0.15) is 18.8 Å². The molecule has 1 heterocycles. The minimum Gasteiger partial charge on any atom is -0.479 e. The third-order valence-corrected chi connectivity index (χ3v) is 11.9. The van der Waals surface area contributed by atoms with Crippen LogP contribution in [0.5, 0.6) is 0 Å². The number of hydrogen-bond donors (Lipinski definition) is 3. The van der Waals surface area contributed by atoms with Crippen LogP contribution in [0.1, 0.15) is 226 Å². The normalized spacial score (nSPS) is 19.2. The summed E-state index contributed by atoms with van der Waals surface area (Å²) in [4.78, 5) is 50.8. The number of esters is 3. The summed E-state index contributed by atoms with van der Waals surface area (Å²) in [6.07, 6.45) is 38.2. The Kier molecular flexibility index (Phi) is 40.4. The Morgan fingerprint density at radius 3 is 1.51 bits per heavy atom. The van der Waals surface area contributed by atoms with Crippen molar-refractivity contribution in [1.29, 1.82) is 0 Å². The van der Waals surface area contributed by atoms with Gasteiger partial charge in [0.2, 0.25) is 0 Å². The number of aliphatic hydroxyl groups is 2. The predicted molar refractivity (Wildman–Crippen MR) is 266 cm³/mol. The molecule has 0 spiro atoms. The van der Waals surface area contributed by atoms with Gasteiger partial charge in [-0.05, 0) is 70.6 Å². The van der Waals surface area contributed by atoms with Gasteiger partial charge in [-0.3, -0.25) is 14.4 Å². The quantitative estimate of drug-likeness (QED) is 0.0228. The van der Waals surface area contributed by atoms with Crippen molar-refractivity contribution >= 4 is 23.9 Å². The first-order chi connectivity index (χ1) is 32.6. The summed E-state index contributed by atoms with van der Waals surface area (Å²) in [5.41, 5.74) is 0. The molecule has 0 aromatic heterocycles. The molecule has 0 aromatic rings. The summed E-state index contributed by atoms with van der Waals surface area (Å²) in [6.45, 7) is 5.78. The highest BCUT2D eigenvalue weighted by Gasteiger charge is 2.50. The van der Waals surface area contributed by atoms with Crippen molar-refractivity contribution in [2.24, 2.45) is 0 Å². The molecule has 0 amide bonds. The van der Waals surface area contributed by atoms with Crippen molar-refractivity contribution < 1.29 is 58.2 Å². The van der Waals surface area contributed by atoms with Gasteiger partial charge in [0.05, 0.1) is 6.61 Å². The van der Waals surface area contributed by atoms with E-state index in [0.29, 0.717) is 19.3 Å². The molecular weight excluding hydrogens is 853 g/mol. The molecule has 0 radical (unpaired) electrons. The van der Waals surface area contributed by atoms with Crippen LogP contribution in [0.25, 0.3) is 0 Å². The zero-order valence-electron chi connectivity index (χ0n) is 42.1. The van der Waals surface area contributed by atoms with Crippen molar-refractivity contribution in [3.8, 4) is 0 Å². The molecule has 386 valence electrons. The van der Waals surface area contributed by atoms with Crippen LogP contribution in [0.15, 0.2) is 48.6 Å². The van der Waals surface area contributed by atoms with Crippen LogP contribution < -0.4 is 0 Å². The largest absolute Gasteiger partial charge is 0.479 e. The third kappa shape index (κ3) is 34.6. The molecule has 3 N–H and O–H groups in total. The molecule has 1 rings (SSSR count). The Morgan fingerprint density at radius 1 is 0.507 bits per heavy atom. The number of carboxylic acid groups (broad SMARTS) is 1. The summed E-state index contributed by atoms with van der Waals surface area (Å²) in [7, 11) is 0. The fraction of sp³-hybridized carbons (Fsp3) is 0.782. The zero-order chi connectivity index (χ0) is 49.0. The van der Waals surface area contributed by atoms with E-state index in [2.05, 4.69) is 69.4 Å². The predicted octanol–water partition coefficient (Wildman–Crippen LogP) is 12.7. The van der Waals surface area contributed by atoms with Crippen molar-refractivity contribution in [2.45, 2.75) is 263 Å². The van der Waals surface area contributed by atoms with Crippen LogP contribution in [0.2, 0.25) is 0 Å². The third-order valence-electron chi connectivity index (χ3n) is 11.9. The van der Waals surface area contributed by atoms with Crippen molar-refractivity contribution in [2.75, 3.05) is 13.2 Å². The minimum absolute atomic E-state index is 0.0480. The highest BCUT2D eigenvalue weighted by Crippen LogP contribution is 2.26. The van der Waals surface area contributed by atoms with Gasteiger partial charge in [0.15, 0.2) is 24.6 Å². The number of carbonyl (C=O) groups excluding carboxylic acids is 3. The molecule has 1 fully saturated rings. The second kappa shape index (κ2) is 43.9. The number of hydrogen-bond acceptors (Lipinski definition) is 11. The molecule has 6 unspecified atom stereocenters. The molecule has 6 atom stereocenters. The maximum Gasteiger partial charge on any atom is 0.335 e. The van der Waals surface area contributed by atoms with E-state index in [1.807, 2.05) is 0 Å². The number of allylic oxidation sites excluding steroid dienone is 8. The Hall–Kier alpha value is -3.32. The second-order valence-corrected chi connectivity index (χ2v) is 18.1. The highest BCUT2D eigenvalue weighted by molar-refractivity contribution is 5.74. The number of aliphatic hydroxyl groups excluding tert-OH is 2. The van der Waals surface area contributed by atoms with E-state index in [0.717, 1.165) is 96.3 Å². The van der Waals surface area contributed by atoms with E-state index < -0.39 is 67.3 Å². The Bertz CT molecular complexity index is 1360. The number of carboxylic acids is 1. The van der Waals surface area contributed by atoms with Crippen LogP contribution in [0, 0.1) is 0 Å². The topological polar surface area (TPSA) is 175 Å². The standard InChI is InChI=1S/C55H94O12/c1-4-7-10-13-16-19-22-24-27-29-32-35-38-41-47(56)63-44-46(65-48(57)42-39-36-33-31-28-25-23-20-17-14-11-8-5-2)45-64-55-53(51(60)50(59)52(67-55)54(61)62)66-49(58)43-40-37-34-30-26-21-18-15-12-9-6-3/h7,10,15-16,18-19,24,27,46,50-53,55,59-60H,4-6,8-9,11-14,17,20-23,25-26,28-45H2,1-3H3,(H,61,62)/b10-7-,18-15-,19-16-,27-24-. The van der Waals surface area contributed by atoms with Crippen molar-refractivity contribution in [3.05, 3.63) is 48.6 Å². The van der Waals surface area contributed by atoms with Crippen LogP contribution in [-0.4, -0.2) is 89.2 Å².